The molecular weight excluding hydrogens is 374 g/mol. The largest absolute Gasteiger partial charge is 0.480 e. The van der Waals surface area contributed by atoms with Crippen molar-refractivity contribution in [1.29, 1.82) is 0 Å². The lowest BCUT2D eigenvalue weighted by molar-refractivity contribution is -0.222. The number of unbranched alkanes of at least 4 members (excludes halogenated alkanes) is 15. The van der Waals surface area contributed by atoms with E-state index < -0.39 is 24.6 Å². The Morgan fingerprint density at radius 3 is 1.28 bits per heavy atom. The molecule has 7 nitrogen and oxygen atoms in total. The average molecular weight is 422 g/mol. The van der Waals surface area contributed by atoms with Crippen LogP contribution in [0, 0.1) is 0 Å². The average Bonchev–Trinajstić information content (AvgIpc) is 2.67. The minimum absolute atomic E-state index is 0.349. The topological polar surface area (TPSA) is 144 Å². The van der Waals surface area contributed by atoms with E-state index in [0.29, 0.717) is 6.42 Å². The first-order valence-electron chi connectivity index (χ1n) is 11.5. The Bertz CT molecular complexity index is 347. The molecular formula is C22H47NO6. The van der Waals surface area contributed by atoms with Gasteiger partial charge >= 0.3 is 5.97 Å². The summed E-state index contributed by atoms with van der Waals surface area (Å²) in [4.78, 5) is 9.12. The van der Waals surface area contributed by atoms with Crippen molar-refractivity contribution in [3.63, 3.8) is 0 Å². The Morgan fingerprint density at radius 1 is 0.759 bits per heavy atom. The van der Waals surface area contributed by atoms with E-state index >= 15 is 0 Å². The van der Waals surface area contributed by atoms with Gasteiger partial charge in [-0.15, -0.1) is 0 Å². The SMILES string of the molecule is CCCCCCCCCCCCCCCCCCC(O)C(N)(O)O.O=C(O)CO. The van der Waals surface area contributed by atoms with E-state index in [1.54, 1.807) is 0 Å². The van der Waals surface area contributed by atoms with Crippen LogP contribution in [0.2, 0.25) is 0 Å². The van der Waals surface area contributed by atoms with Crippen LogP contribution in [0.4, 0.5) is 0 Å². The molecule has 0 aliphatic rings. The summed E-state index contributed by atoms with van der Waals surface area (Å²) in [6, 6.07) is 0. The van der Waals surface area contributed by atoms with E-state index in [-0.39, 0.29) is 0 Å². The molecule has 0 radical (unpaired) electrons. The summed E-state index contributed by atoms with van der Waals surface area (Å²) in [5, 5.41) is 42.4. The first kappa shape index (κ1) is 30.5. The maximum Gasteiger partial charge on any atom is 0.329 e. The fraction of sp³-hybridized carbons (Fsp3) is 0.955. The Kier molecular flexibility index (Phi) is 23.1. The van der Waals surface area contributed by atoms with Crippen LogP contribution in [0.1, 0.15) is 116 Å². The maximum absolute atomic E-state index is 9.38. The summed E-state index contributed by atoms with van der Waals surface area (Å²) < 4.78 is 0. The van der Waals surface area contributed by atoms with E-state index in [1.807, 2.05) is 0 Å². The number of carboxylic acids is 1. The molecule has 7 heteroatoms. The second-order valence-corrected chi connectivity index (χ2v) is 7.94. The second kappa shape index (κ2) is 22.0. The van der Waals surface area contributed by atoms with Crippen LogP contribution in [-0.2, 0) is 4.79 Å². The zero-order chi connectivity index (χ0) is 22.4. The Morgan fingerprint density at radius 2 is 1.03 bits per heavy atom. The van der Waals surface area contributed by atoms with Crippen molar-refractivity contribution >= 4 is 5.97 Å². The predicted octanol–water partition coefficient (Wildman–Crippen LogP) is 3.66. The number of aliphatic hydroxyl groups is 4. The Balaban J connectivity index is 0. The molecule has 0 heterocycles. The van der Waals surface area contributed by atoms with Crippen LogP contribution >= 0.6 is 0 Å². The van der Waals surface area contributed by atoms with E-state index in [1.165, 1.54) is 83.5 Å². The first-order valence-corrected chi connectivity index (χ1v) is 11.5. The van der Waals surface area contributed by atoms with Crippen molar-refractivity contribution < 1.29 is 30.3 Å². The minimum Gasteiger partial charge on any atom is -0.480 e. The number of carboxylic acid groups (broad SMARTS) is 1. The number of rotatable bonds is 19. The van der Waals surface area contributed by atoms with Gasteiger partial charge in [0.05, 0.1) is 0 Å². The molecule has 0 amide bonds. The Hall–Kier alpha value is -0.730. The van der Waals surface area contributed by atoms with Crippen molar-refractivity contribution in [2.45, 2.75) is 128 Å². The highest BCUT2D eigenvalue weighted by Crippen LogP contribution is 2.15. The number of hydrogen-bond acceptors (Lipinski definition) is 6. The fourth-order valence-electron chi connectivity index (χ4n) is 3.10. The standard InChI is InChI=1S/C20H43NO3.C2H4O3/c1-2-3-4-5-6-7-8-9-10-11-12-13-14-15-16-17-18-19(22)20(21,23)24;3-1-2(4)5/h19,22-24H,2-18,21H2,1H3;3H,1H2,(H,4,5). The lowest BCUT2D eigenvalue weighted by Crippen LogP contribution is -2.50. The lowest BCUT2D eigenvalue weighted by atomic mass is 10.0. The van der Waals surface area contributed by atoms with E-state index in [4.69, 9.17) is 31.0 Å². The summed E-state index contributed by atoms with van der Waals surface area (Å²) in [5.41, 5.74) is 5.01. The van der Waals surface area contributed by atoms with Gasteiger partial charge in [-0.1, -0.05) is 110 Å². The van der Waals surface area contributed by atoms with E-state index in [2.05, 4.69) is 6.92 Å². The molecule has 29 heavy (non-hydrogen) atoms. The highest BCUT2D eigenvalue weighted by molar-refractivity contribution is 5.67. The molecule has 0 aromatic heterocycles. The van der Waals surface area contributed by atoms with Crippen molar-refractivity contribution in [1.82, 2.24) is 0 Å². The van der Waals surface area contributed by atoms with Gasteiger partial charge in [-0.3, -0.25) is 5.73 Å². The monoisotopic (exact) mass is 421 g/mol. The molecule has 7 N–H and O–H groups in total. The van der Waals surface area contributed by atoms with Crippen LogP contribution in [0.15, 0.2) is 0 Å². The number of hydrogen-bond donors (Lipinski definition) is 6. The third kappa shape index (κ3) is 27.3. The smallest absolute Gasteiger partial charge is 0.329 e. The van der Waals surface area contributed by atoms with E-state index in [0.717, 1.165) is 19.3 Å². The summed E-state index contributed by atoms with van der Waals surface area (Å²) >= 11 is 0. The molecule has 0 saturated carbocycles. The van der Waals surface area contributed by atoms with Crippen LogP contribution < -0.4 is 5.73 Å². The summed E-state index contributed by atoms with van der Waals surface area (Å²) in [6.07, 6.45) is 19.9. The second-order valence-electron chi connectivity index (χ2n) is 7.94. The summed E-state index contributed by atoms with van der Waals surface area (Å²) in [7, 11) is 0. The van der Waals surface area contributed by atoms with Crippen molar-refractivity contribution in [2.75, 3.05) is 6.61 Å². The summed E-state index contributed by atoms with van der Waals surface area (Å²) in [5.74, 6) is -3.64. The van der Waals surface area contributed by atoms with Gasteiger partial charge in [0.2, 0.25) is 5.91 Å². The third-order valence-electron chi connectivity index (χ3n) is 4.96. The highest BCUT2D eigenvalue weighted by Gasteiger charge is 2.26. The maximum atomic E-state index is 9.38. The van der Waals surface area contributed by atoms with Gasteiger partial charge in [-0.25, -0.2) is 4.79 Å². The van der Waals surface area contributed by atoms with Crippen molar-refractivity contribution in [3.8, 4) is 0 Å². The fourth-order valence-corrected chi connectivity index (χ4v) is 3.10. The number of nitrogens with two attached hydrogens (primary N) is 1. The molecule has 0 aliphatic heterocycles. The predicted molar refractivity (Wildman–Crippen MR) is 116 cm³/mol. The number of carbonyl (C=O) groups is 1. The quantitative estimate of drug-likeness (QED) is 0.138. The summed E-state index contributed by atoms with van der Waals surface area (Å²) in [6.45, 7) is 1.49. The molecule has 176 valence electrons. The van der Waals surface area contributed by atoms with Gasteiger partial charge in [-0.05, 0) is 6.42 Å². The number of aliphatic hydroxyl groups excluding tert-OH is 2. The molecule has 0 rings (SSSR count). The van der Waals surface area contributed by atoms with Gasteiger partial charge in [0, 0.05) is 0 Å². The van der Waals surface area contributed by atoms with Crippen molar-refractivity contribution in [2.24, 2.45) is 5.73 Å². The van der Waals surface area contributed by atoms with Crippen LogP contribution in [0.3, 0.4) is 0 Å². The molecule has 0 spiro atoms. The molecule has 0 aromatic carbocycles. The zero-order valence-corrected chi connectivity index (χ0v) is 18.5. The molecule has 0 fully saturated rings. The number of aliphatic carboxylic acids is 1. The van der Waals surface area contributed by atoms with Gasteiger partial charge in [0.25, 0.3) is 0 Å². The molecule has 1 atom stereocenters. The zero-order valence-electron chi connectivity index (χ0n) is 18.5. The van der Waals surface area contributed by atoms with Crippen LogP contribution in [0.25, 0.3) is 0 Å². The minimum atomic E-state index is -2.45. The molecule has 1 unspecified atom stereocenters. The molecule has 0 aromatic rings. The molecule has 0 saturated heterocycles. The first-order chi connectivity index (χ1) is 13.8. The van der Waals surface area contributed by atoms with Gasteiger partial charge < -0.3 is 25.5 Å². The molecule has 0 bridgehead atoms. The van der Waals surface area contributed by atoms with Crippen LogP contribution in [-0.4, -0.2) is 50.1 Å². The third-order valence-corrected chi connectivity index (χ3v) is 4.96. The van der Waals surface area contributed by atoms with Gasteiger partial charge in [-0.2, -0.15) is 0 Å². The molecule has 0 aliphatic carbocycles. The lowest BCUT2D eigenvalue weighted by Gasteiger charge is -2.22. The van der Waals surface area contributed by atoms with Crippen molar-refractivity contribution in [3.05, 3.63) is 0 Å². The van der Waals surface area contributed by atoms with E-state index in [9.17, 15) is 5.11 Å². The van der Waals surface area contributed by atoms with Gasteiger partial charge in [0.1, 0.15) is 12.7 Å². The van der Waals surface area contributed by atoms with Crippen LogP contribution in [0.5, 0.6) is 0 Å². The Labute approximate surface area is 177 Å². The highest BCUT2D eigenvalue weighted by atomic mass is 16.5. The van der Waals surface area contributed by atoms with Gasteiger partial charge in [0.15, 0.2) is 0 Å². The normalized spacial score (nSPS) is 12.3.